The molecule has 78 heavy (non-hydrogen) atoms. The summed E-state index contributed by atoms with van der Waals surface area (Å²) >= 11 is 0. The van der Waals surface area contributed by atoms with Gasteiger partial charge in [-0.3, -0.25) is 24.7 Å². The summed E-state index contributed by atoms with van der Waals surface area (Å²) in [6.45, 7) is 14.0. The van der Waals surface area contributed by atoms with E-state index in [0.717, 1.165) is 95.2 Å². The number of piperidine rings is 2. The van der Waals surface area contributed by atoms with Crippen molar-refractivity contribution in [1.29, 1.82) is 0 Å². The van der Waals surface area contributed by atoms with E-state index in [4.69, 9.17) is 19.2 Å². The number of aliphatic hydroxyl groups is 1. The minimum atomic E-state index is -4.63. The number of aromatic amines is 1. The van der Waals surface area contributed by atoms with Crippen LogP contribution in [0.1, 0.15) is 125 Å². The molecule has 2 aromatic heterocycles. The molecule has 4 saturated heterocycles. The van der Waals surface area contributed by atoms with Gasteiger partial charge in [0, 0.05) is 87.3 Å². The van der Waals surface area contributed by atoms with Crippen LogP contribution in [0.25, 0.3) is 11.0 Å². The number of H-pyrrole nitrogens is 1. The van der Waals surface area contributed by atoms with E-state index in [9.17, 15) is 28.4 Å². The van der Waals surface area contributed by atoms with Gasteiger partial charge in [-0.2, -0.15) is 4.98 Å². The number of ether oxygens (including phenoxy) is 3. The zero-order valence-corrected chi connectivity index (χ0v) is 46.0. The molecule has 0 bridgehead atoms. The highest BCUT2D eigenvalue weighted by molar-refractivity contribution is 7.90. The van der Waals surface area contributed by atoms with Crippen LogP contribution in [0.3, 0.4) is 0 Å². The number of carbonyl (C=O) groups excluding carboxylic acids is 1. The number of nitrogens with one attached hydrogen (secondary N) is 3. The number of nitro groups is 1. The van der Waals surface area contributed by atoms with E-state index >= 15 is 0 Å². The largest absolute Gasteiger partial charge is 0.468 e. The number of sulfonamides is 1. The van der Waals surface area contributed by atoms with Crippen molar-refractivity contribution in [3.8, 4) is 5.88 Å². The van der Waals surface area contributed by atoms with Gasteiger partial charge in [0.15, 0.2) is 0 Å². The highest BCUT2D eigenvalue weighted by Gasteiger charge is 2.51. The van der Waals surface area contributed by atoms with Crippen LogP contribution in [0.15, 0.2) is 83.9 Å². The number of amides is 1. The van der Waals surface area contributed by atoms with Crippen LogP contribution in [0.5, 0.6) is 5.88 Å². The lowest BCUT2D eigenvalue weighted by molar-refractivity contribution is -0.384. The van der Waals surface area contributed by atoms with Crippen molar-refractivity contribution in [1.82, 2.24) is 24.5 Å². The molecule has 416 valence electrons. The molecule has 7 aliphatic rings. The van der Waals surface area contributed by atoms with E-state index in [1.54, 1.807) is 6.07 Å². The second-order valence-corrected chi connectivity index (χ2v) is 25.7. The van der Waals surface area contributed by atoms with Gasteiger partial charge in [0.2, 0.25) is 5.88 Å². The average Bonchev–Trinajstić information content (AvgIpc) is 4.02. The monoisotopic (exact) mass is 1090 g/mol. The molecule has 1 amide bonds. The minimum absolute atomic E-state index is 0.120. The fourth-order valence-electron chi connectivity index (χ4n) is 14.2. The first-order chi connectivity index (χ1) is 37.6. The molecule has 3 aromatic carbocycles. The highest BCUT2D eigenvalue weighted by Crippen LogP contribution is 2.55. The highest BCUT2D eigenvalue weighted by atomic mass is 32.2. The number of benzene rings is 3. The van der Waals surface area contributed by atoms with Crippen LogP contribution in [-0.2, 0) is 19.5 Å². The molecule has 5 aromatic rings. The molecule has 1 spiro atoms. The molecule has 6 fully saturated rings. The molecule has 18 nitrogen and oxygen atoms in total. The molecule has 4 N–H and O–H groups in total. The van der Waals surface area contributed by atoms with Crippen molar-refractivity contribution in [2.45, 2.75) is 138 Å². The minimum Gasteiger partial charge on any atom is -0.468 e. The first-order valence-electron chi connectivity index (χ1n) is 28.5. The Morgan fingerprint density at radius 1 is 0.897 bits per heavy atom. The van der Waals surface area contributed by atoms with Crippen molar-refractivity contribution < 1.29 is 37.5 Å². The van der Waals surface area contributed by atoms with Gasteiger partial charge in [0.05, 0.1) is 52.5 Å². The van der Waals surface area contributed by atoms with E-state index in [2.05, 4.69) is 72.7 Å². The van der Waals surface area contributed by atoms with Crippen molar-refractivity contribution in [3.63, 3.8) is 0 Å². The third-order valence-electron chi connectivity index (χ3n) is 18.7. The van der Waals surface area contributed by atoms with Crippen LogP contribution >= 0.6 is 0 Å². The molecule has 7 heterocycles. The summed E-state index contributed by atoms with van der Waals surface area (Å²) in [6, 6.07) is 23.5. The zero-order chi connectivity index (χ0) is 53.9. The summed E-state index contributed by atoms with van der Waals surface area (Å²) in [7, 11) is -4.63. The van der Waals surface area contributed by atoms with E-state index in [1.165, 1.54) is 42.5 Å². The van der Waals surface area contributed by atoms with Crippen molar-refractivity contribution >= 4 is 55.4 Å². The fourth-order valence-corrected chi connectivity index (χ4v) is 15.1. The third-order valence-corrected chi connectivity index (χ3v) is 20.0. The Kier molecular flexibility index (Phi) is 14.5. The molecule has 0 unspecified atom stereocenters. The average molecular weight is 1090 g/mol. The van der Waals surface area contributed by atoms with Crippen LogP contribution < -0.4 is 24.6 Å². The molecule has 19 heteroatoms. The number of rotatable bonds is 13. The second kappa shape index (κ2) is 21.3. The number of carbonyl (C=O) groups is 1. The Hall–Kier alpha value is -5.83. The van der Waals surface area contributed by atoms with E-state index < -0.39 is 43.1 Å². The third kappa shape index (κ3) is 10.5. The number of likely N-dealkylation sites (tertiary alicyclic amines) is 1. The number of hydrogen-bond acceptors (Lipinski definition) is 15. The number of aromatic nitrogens is 2. The SMILES string of the molecule is CC(C)c1ccccc1[C@H]1CC[C@H](N2CCOCC2)CN1C1CC2(CCN(c3ccc(C(=O)NS(=O)(=O)c4ccc(NCC5CCC(C)(O)CC5)c([N+](=O)[O-])c4)c(N4c5cc6cc[nH]c6nc5O[C@H]5COCC[C@@H]54)c3)CC2)C1. The Morgan fingerprint density at radius 3 is 2.45 bits per heavy atom. The zero-order valence-electron chi connectivity index (χ0n) is 45.2. The topological polar surface area (TPSA) is 208 Å². The molecular weight excluding hydrogens is 1010 g/mol. The molecule has 2 aliphatic carbocycles. The fraction of sp³-hybridized carbons (Fsp3) is 0.559. The van der Waals surface area contributed by atoms with Crippen LogP contribution in [-0.4, -0.2) is 140 Å². The number of anilines is 4. The lowest BCUT2D eigenvalue weighted by Gasteiger charge is -2.59. The van der Waals surface area contributed by atoms with Gasteiger partial charge >= 0.3 is 0 Å². The van der Waals surface area contributed by atoms with Gasteiger partial charge in [0.25, 0.3) is 21.6 Å². The maximum Gasteiger partial charge on any atom is 0.293 e. The summed E-state index contributed by atoms with van der Waals surface area (Å²) in [4.78, 5) is 44.3. The predicted octanol–water partition coefficient (Wildman–Crippen LogP) is 9.04. The van der Waals surface area contributed by atoms with Gasteiger partial charge in [-0.25, -0.2) is 13.1 Å². The van der Waals surface area contributed by atoms with Gasteiger partial charge in [-0.05, 0) is 148 Å². The van der Waals surface area contributed by atoms with E-state index in [1.807, 2.05) is 37.4 Å². The first kappa shape index (κ1) is 52.8. The lowest BCUT2D eigenvalue weighted by atomic mass is 9.59. The number of pyridine rings is 1. The maximum atomic E-state index is 14.8. The smallest absolute Gasteiger partial charge is 0.293 e. The Balaban J connectivity index is 0.813. The van der Waals surface area contributed by atoms with Crippen LogP contribution in [0, 0.1) is 21.4 Å². The Morgan fingerprint density at radius 2 is 1.68 bits per heavy atom. The predicted molar refractivity (Wildman–Crippen MR) is 299 cm³/mol. The van der Waals surface area contributed by atoms with Crippen LogP contribution in [0.2, 0.25) is 0 Å². The Bertz CT molecular complexity index is 3140. The summed E-state index contributed by atoms with van der Waals surface area (Å²) in [5.74, 6) is 0.147. The van der Waals surface area contributed by atoms with Gasteiger partial charge in [-0.1, -0.05) is 38.1 Å². The number of morpholine rings is 1. The summed E-state index contributed by atoms with van der Waals surface area (Å²) < 4.78 is 49.1. The van der Waals surface area contributed by atoms with Gasteiger partial charge < -0.3 is 39.4 Å². The van der Waals surface area contributed by atoms with E-state index in [0.29, 0.717) is 86.0 Å². The summed E-state index contributed by atoms with van der Waals surface area (Å²) in [5, 5.41) is 26.9. The van der Waals surface area contributed by atoms with Crippen molar-refractivity contribution in [2.24, 2.45) is 11.3 Å². The lowest BCUT2D eigenvalue weighted by Crippen LogP contribution is -2.60. The number of nitrogens with zero attached hydrogens (tertiary/aromatic N) is 6. The molecule has 12 rings (SSSR count). The Labute approximate surface area is 457 Å². The first-order valence-corrected chi connectivity index (χ1v) is 30.0. The van der Waals surface area contributed by atoms with Crippen molar-refractivity contribution in [2.75, 3.05) is 80.8 Å². The van der Waals surface area contributed by atoms with E-state index in [-0.39, 0.29) is 28.6 Å². The summed E-state index contributed by atoms with van der Waals surface area (Å²) in [6.07, 6.45) is 11.5. The van der Waals surface area contributed by atoms with Gasteiger partial charge in [-0.15, -0.1) is 0 Å². The standard InChI is InChI=1S/C59H75N9O9S/c1-38(2)45-6-4-5-7-46(45)49-13-9-42(65-25-28-75-29-26-65)36-66(49)43-33-59(34-43)20-23-64(24-21-59)41-8-11-47(51(31-41)67-50-17-27-76-37-54(50)77-57-53(67)30-40-16-22-60-55(40)62-57)56(69)63-78(73,74)44-10-12-48(52(32-44)68(71)72)61-35-39-14-18-58(3,70)19-15-39/h4-8,10-12,16,22,30-32,38-39,42-43,49-50,54,61,70H,9,13-15,17-21,23-29,33-37H2,1-3H3,(H,60,62)(H,63,69)/t39?,42-,49+,50-,54-,58?/m0/s1. The maximum absolute atomic E-state index is 14.8. The number of fused-ring (bicyclic) bond motifs is 3. The molecule has 4 atom stereocenters. The number of nitro benzene ring substituents is 1. The molecule has 0 radical (unpaired) electrons. The molecule has 5 aliphatic heterocycles. The second-order valence-electron chi connectivity index (χ2n) is 24.0. The van der Waals surface area contributed by atoms with Crippen LogP contribution in [0.4, 0.5) is 28.4 Å². The quantitative estimate of drug-likeness (QED) is 0.0641. The molecule has 2 saturated carbocycles. The molecular formula is C59H75N9O9S. The summed E-state index contributed by atoms with van der Waals surface area (Å²) in [5.41, 5.74) is 5.08. The van der Waals surface area contributed by atoms with Gasteiger partial charge in [0.1, 0.15) is 23.1 Å². The number of hydrogen-bond donors (Lipinski definition) is 4. The van der Waals surface area contributed by atoms with Crippen molar-refractivity contribution in [3.05, 3.63) is 106 Å². The normalized spacial score (nSPS) is 27.0.